The van der Waals surface area contributed by atoms with Crippen LogP contribution in [0.4, 0.5) is 5.13 Å². The van der Waals surface area contributed by atoms with Crippen LogP contribution in [0.5, 0.6) is 0 Å². The normalized spacial score (nSPS) is 11.7. The summed E-state index contributed by atoms with van der Waals surface area (Å²) in [4.78, 5) is 10.8. The maximum atomic E-state index is 4.55. The number of aryl methyl sites for hydroxylation is 2. The van der Waals surface area contributed by atoms with Crippen LogP contribution in [0.25, 0.3) is 0 Å². The summed E-state index contributed by atoms with van der Waals surface area (Å²) in [6.45, 7) is 5.45. The molecule has 126 valence electrons. The van der Waals surface area contributed by atoms with Gasteiger partial charge in [0.2, 0.25) is 0 Å². The van der Waals surface area contributed by atoms with Crippen LogP contribution < -0.4 is 15.5 Å². The molecule has 23 heavy (non-hydrogen) atoms. The molecule has 0 saturated carbocycles. The van der Waals surface area contributed by atoms with Crippen LogP contribution in [0.15, 0.2) is 10.4 Å². The molecule has 2 aromatic rings. The van der Waals surface area contributed by atoms with Gasteiger partial charge in [0, 0.05) is 51.4 Å². The lowest BCUT2D eigenvalue weighted by Crippen LogP contribution is -2.36. The first-order valence-electron chi connectivity index (χ1n) is 7.47. The van der Waals surface area contributed by atoms with E-state index >= 15 is 0 Å². The van der Waals surface area contributed by atoms with Gasteiger partial charge in [-0.05, 0) is 13.8 Å². The minimum atomic E-state index is 0.648. The molecule has 0 amide bonds. The smallest absolute Gasteiger partial charge is 0.191 e. The van der Waals surface area contributed by atoms with Crippen LogP contribution in [0.3, 0.4) is 0 Å². The molecule has 2 N–H and O–H groups in total. The number of guanidine groups is 1. The molecule has 0 aromatic carbocycles. The molecule has 7 nitrogen and oxygen atoms in total. The van der Waals surface area contributed by atoms with Gasteiger partial charge in [-0.2, -0.15) is 5.10 Å². The maximum Gasteiger partial charge on any atom is 0.191 e. The van der Waals surface area contributed by atoms with Crippen LogP contribution in [0.1, 0.15) is 22.6 Å². The van der Waals surface area contributed by atoms with Crippen molar-refractivity contribution in [1.29, 1.82) is 0 Å². The van der Waals surface area contributed by atoms with Crippen LogP contribution in [-0.2, 0) is 20.1 Å². The quantitative estimate of drug-likeness (QED) is 0.639. The Hall–Kier alpha value is -2.09. The minimum absolute atomic E-state index is 0.648. The van der Waals surface area contributed by atoms with Crippen molar-refractivity contribution >= 4 is 22.4 Å². The van der Waals surface area contributed by atoms with Gasteiger partial charge in [0.25, 0.3) is 0 Å². The summed E-state index contributed by atoms with van der Waals surface area (Å²) in [5.41, 5.74) is 4.43. The Morgan fingerprint density at radius 2 is 2.00 bits per heavy atom. The Labute approximate surface area is 141 Å². The highest BCUT2D eigenvalue weighted by atomic mass is 32.1. The first kappa shape index (κ1) is 17.3. The Balaban J connectivity index is 1.90. The zero-order valence-electron chi connectivity index (χ0n) is 14.6. The molecule has 0 saturated heterocycles. The van der Waals surface area contributed by atoms with Crippen LogP contribution in [-0.4, -0.2) is 41.9 Å². The number of aliphatic imine (C=N–C) groups is 1. The monoisotopic (exact) mass is 335 g/mol. The van der Waals surface area contributed by atoms with Gasteiger partial charge in [-0.3, -0.25) is 9.67 Å². The largest absolute Gasteiger partial charge is 0.354 e. The van der Waals surface area contributed by atoms with Crippen molar-refractivity contribution in [2.45, 2.75) is 26.9 Å². The molecule has 0 radical (unpaired) electrons. The van der Waals surface area contributed by atoms with E-state index < -0.39 is 0 Å². The third-order valence-electron chi connectivity index (χ3n) is 3.67. The lowest BCUT2D eigenvalue weighted by molar-refractivity contribution is 0.728. The lowest BCUT2D eigenvalue weighted by atomic mass is 10.2. The van der Waals surface area contributed by atoms with E-state index in [-0.39, 0.29) is 0 Å². The van der Waals surface area contributed by atoms with E-state index in [4.69, 9.17) is 0 Å². The van der Waals surface area contributed by atoms with Gasteiger partial charge >= 0.3 is 0 Å². The van der Waals surface area contributed by atoms with E-state index in [9.17, 15) is 0 Å². The molecular formula is C15H25N7S. The second-order valence-corrected chi connectivity index (χ2v) is 6.40. The molecule has 0 unspecified atom stereocenters. The molecule has 2 aromatic heterocycles. The fourth-order valence-electron chi connectivity index (χ4n) is 2.22. The zero-order valence-corrected chi connectivity index (χ0v) is 15.5. The summed E-state index contributed by atoms with van der Waals surface area (Å²) < 4.78 is 1.90. The van der Waals surface area contributed by atoms with E-state index in [1.165, 1.54) is 11.3 Å². The second-order valence-electron chi connectivity index (χ2n) is 5.57. The van der Waals surface area contributed by atoms with Gasteiger partial charge < -0.3 is 15.5 Å². The Kier molecular flexibility index (Phi) is 5.59. The van der Waals surface area contributed by atoms with Crippen molar-refractivity contribution in [3.05, 3.63) is 28.0 Å². The highest BCUT2D eigenvalue weighted by Crippen LogP contribution is 2.17. The highest BCUT2D eigenvalue weighted by molar-refractivity contribution is 7.13. The Bertz CT molecular complexity index is 684. The number of nitrogens with one attached hydrogen (secondary N) is 2. The third kappa shape index (κ3) is 4.22. The van der Waals surface area contributed by atoms with Crippen molar-refractivity contribution in [3.63, 3.8) is 0 Å². The predicted octanol–water partition coefficient (Wildman–Crippen LogP) is 1.42. The number of hydrogen-bond acceptors (Lipinski definition) is 5. The van der Waals surface area contributed by atoms with E-state index in [0.717, 1.165) is 22.5 Å². The van der Waals surface area contributed by atoms with Gasteiger partial charge in [0.05, 0.1) is 17.9 Å². The molecular weight excluding hydrogens is 310 g/mol. The van der Waals surface area contributed by atoms with Gasteiger partial charge in [0.15, 0.2) is 11.1 Å². The number of nitrogens with zero attached hydrogens (tertiary/aromatic N) is 5. The molecule has 2 rings (SSSR count). The van der Waals surface area contributed by atoms with Crippen LogP contribution >= 0.6 is 11.3 Å². The van der Waals surface area contributed by atoms with Crippen molar-refractivity contribution in [2.24, 2.45) is 12.0 Å². The number of hydrogen-bond donors (Lipinski definition) is 2. The summed E-state index contributed by atoms with van der Waals surface area (Å²) in [5.74, 6) is 0.757. The standard InChI is InChI=1S/C15H25N7S/c1-10-13(11(2)22(6)20-10)8-18-14(16-3)17-7-12-9-23-15(19-12)21(4)5/h9H,7-8H2,1-6H3,(H2,16,17,18). The average Bonchev–Trinajstić information content (AvgIpc) is 3.07. The average molecular weight is 335 g/mol. The van der Waals surface area contributed by atoms with E-state index in [1.54, 1.807) is 18.4 Å². The second kappa shape index (κ2) is 7.45. The van der Waals surface area contributed by atoms with Crippen molar-refractivity contribution in [2.75, 3.05) is 26.0 Å². The summed E-state index contributed by atoms with van der Waals surface area (Å²) in [5, 5.41) is 14.1. The van der Waals surface area contributed by atoms with Gasteiger partial charge in [-0.1, -0.05) is 0 Å². The van der Waals surface area contributed by atoms with Crippen LogP contribution in [0.2, 0.25) is 0 Å². The number of aromatic nitrogens is 3. The third-order valence-corrected chi connectivity index (χ3v) is 4.73. The van der Waals surface area contributed by atoms with E-state index in [2.05, 4.69) is 38.0 Å². The van der Waals surface area contributed by atoms with Crippen molar-refractivity contribution in [1.82, 2.24) is 25.4 Å². The van der Waals surface area contributed by atoms with Crippen molar-refractivity contribution < 1.29 is 0 Å². The molecule has 2 heterocycles. The lowest BCUT2D eigenvalue weighted by Gasteiger charge is -2.11. The van der Waals surface area contributed by atoms with Gasteiger partial charge in [-0.15, -0.1) is 11.3 Å². The summed E-state index contributed by atoms with van der Waals surface area (Å²) in [6.07, 6.45) is 0. The minimum Gasteiger partial charge on any atom is -0.354 e. The molecule has 8 heteroatoms. The Morgan fingerprint density at radius 3 is 2.52 bits per heavy atom. The zero-order chi connectivity index (χ0) is 17.0. The summed E-state index contributed by atoms with van der Waals surface area (Å²) in [6, 6.07) is 0. The number of thiazole rings is 1. The SMILES string of the molecule is CN=C(NCc1csc(N(C)C)n1)NCc1c(C)nn(C)c1C. The maximum absolute atomic E-state index is 4.55. The van der Waals surface area contributed by atoms with Gasteiger partial charge in [0.1, 0.15) is 0 Å². The molecule has 0 spiro atoms. The fourth-order valence-corrected chi connectivity index (χ4v) is 2.98. The highest BCUT2D eigenvalue weighted by Gasteiger charge is 2.10. The fraction of sp³-hybridized carbons (Fsp3) is 0.533. The van der Waals surface area contributed by atoms with Gasteiger partial charge in [-0.25, -0.2) is 4.98 Å². The number of anilines is 1. The summed E-state index contributed by atoms with van der Waals surface area (Å²) in [7, 11) is 7.72. The molecule has 0 bridgehead atoms. The Morgan fingerprint density at radius 1 is 1.30 bits per heavy atom. The molecule has 0 aliphatic carbocycles. The first-order chi connectivity index (χ1) is 10.9. The predicted molar refractivity (Wildman–Crippen MR) is 96.2 cm³/mol. The first-order valence-corrected chi connectivity index (χ1v) is 8.35. The van der Waals surface area contributed by atoms with Crippen molar-refractivity contribution in [3.8, 4) is 0 Å². The molecule has 0 atom stereocenters. The topological polar surface area (TPSA) is 70.4 Å². The molecule has 0 aliphatic heterocycles. The van der Waals surface area contributed by atoms with Crippen LogP contribution in [0, 0.1) is 13.8 Å². The molecule has 0 aliphatic rings. The van der Waals surface area contributed by atoms with E-state index in [1.807, 2.05) is 37.6 Å². The molecule has 0 fully saturated rings. The number of rotatable bonds is 5. The van der Waals surface area contributed by atoms with E-state index in [0.29, 0.717) is 13.1 Å². The summed E-state index contributed by atoms with van der Waals surface area (Å²) >= 11 is 1.64.